The Balaban J connectivity index is 1.48. The number of carbonyl (C=O) groups excluding carboxylic acids is 2. The summed E-state index contributed by atoms with van der Waals surface area (Å²) in [6.45, 7) is 7.73. The lowest BCUT2D eigenvalue weighted by atomic mass is 9.61. The first-order valence-corrected chi connectivity index (χ1v) is 11.3. The second-order valence-corrected chi connectivity index (χ2v) is 10.1. The van der Waals surface area contributed by atoms with Crippen LogP contribution in [0.1, 0.15) is 78.6 Å². The highest BCUT2D eigenvalue weighted by Crippen LogP contribution is 2.48. The van der Waals surface area contributed by atoms with Crippen molar-refractivity contribution in [3.63, 3.8) is 0 Å². The van der Waals surface area contributed by atoms with Crippen molar-refractivity contribution < 1.29 is 14.3 Å². The van der Waals surface area contributed by atoms with E-state index in [4.69, 9.17) is 11.2 Å². The van der Waals surface area contributed by atoms with Crippen molar-refractivity contribution in [2.45, 2.75) is 89.8 Å². The van der Waals surface area contributed by atoms with Crippen LogP contribution in [0.3, 0.4) is 0 Å². The fourth-order valence-electron chi connectivity index (χ4n) is 4.56. The molecule has 2 aliphatic heterocycles. The molecule has 0 unspecified atom stereocenters. The summed E-state index contributed by atoms with van der Waals surface area (Å²) in [5.74, 6) is 3.31. The molecule has 0 bridgehead atoms. The Morgan fingerprint density at radius 2 is 1.87 bits per heavy atom. The molecular weight excluding hydrogens is 380 g/mol. The average Bonchev–Trinajstić information content (AvgIpc) is 3.41. The van der Waals surface area contributed by atoms with E-state index in [-0.39, 0.29) is 17.4 Å². The first kappa shape index (κ1) is 22.6. The van der Waals surface area contributed by atoms with Gasteiger partial charge in [-0.25, -0.2) is 4.79 Å². The molecule has 0 aromatic rings. The highest BCUT2D eigenvalue weighted by Gasteiger charge is 2.45. The van der Waals surface area contributed by atoms with Gasteiger partial charge in [-0.3, -0.25) is 4.79 Å². The Morgan fingerprint density at radius 1 is 1.20 bits per heavy atom. The van der Waals surface area contributed by atoms with Gasteiger partial charge >= 0.3 is 6.09 Å². The predicted octanol–water partition coefficient (Wildman–Crippen LogP) is 4.28. The minimum absolute atomic E-state index is 0.0562. The molecule has 3 rings (SSSR count). The third-order valence-corrected chi connectivity index (χ3v) is 6.82. The van der Waals surface area contributed by atoms with Crippen LogP contribution >= 0.6 is 0 Å². The molecule has 0 radical (unpaired) electrons. The van der Waals surface area contributed by atoms with Crippen LogP contribution in [0.4, 0.5) is 4.79 Å². The van der Waals surface area contributed by atoms with E-state index >= 15 is 0 Å². The molecule has 0 spiro atoms. The van der Waals surface area contributed by atoms with Crippen LogP contribution in [0.5, 0.6) is 0 Å². The molecular formula is C23H36N4O3. The van der Waals surface area contributed by atoms with Gasteiger partial charge in [0.1, 0.15) is 5.60 Å². The van der Waals surface area contributed by atoms with Crippen LogP contribution in [0.15, 0.2) is 10.2 Å². The minimum Gasteiger partial charge on any atom is -0.444 e. The van der Waals surface area contributed by atoms with Crippen LogP contribution < -0.4 is 5.32 Å². The third kappa shape index (κ3) is 5.74. The molecule has 1 aliphatic carbocycles. The van der Waals surface area contributed by atoms with Gasteiger partial charge in [-0.1, -0.05) is 6.42 Å². The Labute approximate surface area is 180 Å². The van der Waals surface area contributed by atoms with E-state index in [1.54, 1.807) is 0 Å². The summed E-state index contributed by atoms with van der Waals surface area (Å²) < 4.78 is 5.53. The average molecular weight is 417 g/mol. The molecule has 3 aliphatic rings. The number of ether oxygens (including phenoxy) is 1. The largest absolute Gasteiger partial charge is 0.444 e. The first-order valence-electron chi connectivity index (χ1n) is 11.3. The lowest BCUT2D eigenvalue weighted by Gasteiger charge is -2.50. The maximum atomic E-state index is 12.5. The number of hydrogen-bond donors (Lipinski definition) is 1. The van der Waals surface area contributed by atoms with Gasteiger partial charge in [0.2, 0.25) is 5.91 Å². The number of hydrogen-bond acceptors (Lipinski definition) is 5. The molecule has 1 saturated carbocycles. The number of piperidine rings is 1. The van der Waals surface area contributed by atoms with Crippen molar-refractivity contribution in [3.8, 4) is 12.3 Å². The van der Waals surface area contributed by atoms with Gasteiger partial charge in [-0.15, -0.1) is 12.3 Å². The number of nitrogens with zero attached hydrogens (tertiary/aromatic N) is 3. The van der Waals surface area contributed by atoms with Crippen LogP contribution in [0.2, 0.25) is 0 Å². The van der Waals surface area contributed by atoms with Crippen molar-refractivity contribution in [2.24, 2.45) is 21.6 Å². The van der Waals surface area contributed by atoms with Crippen LogP contribution in [-0.4, -0.2) is 47.8 Å². The zero-order chi connectivity index (χ0) is 21.8. The highest BCUT2D eigenvalue weighted by atomic mass is 16.6. The standard InChI is InChI=1S/C23H36N4O3/c1-5-6-11-23(25-26-23)12-10-19(28)24-17-22(18-8-7-9-18)13-15-27(16-14-22)20(29)30-21(2,3)4/h1,18H,6-17H2,2-4H3,(H,24,28). The summed E-state index contributed by atoms with van der Waals surface area (Å²) in [4.78, 5) is 26.7. The number of amides is 2. The molecule has 7 heteroatoms. The zero-order valence-electron chi connectivity index (χ0n) is 18.7. The molecule has 30 heavy (non-hydrogen) atoms. The normalized spacial score (nSPS) is 22.0. The van der Waals surface area contributed by atoms with E-state index in [9.17, 15) is 9.59 Å². The molecule has 1 saturated heterocycles. The SMILES string of the molecule is C#CCCC1(CCC(=O)NCC2(C3CCC3)CCN(C(=O)OC(C)(C)C)CC2)N=N1. The summed E-state index contributed by atoms with van der Waals surface area (Å²) in [7, 11) is 0. The molecule has 2 fully saturated rings. The fourth-order valence-corrected chi connectivity index (χ4v) is 4.56. The van der Waals surface area contributed by atoms with Gasteiger partial charge in [0, 0.05) is 45.3 Å². The number of nitrogens with one attached hydrogen (secondary N) is 1. The maximum absolute atomic E-state index is 12.5. The van der Waals surface area contributed by atoms with Crippen LogP contribution in [0, 0.1) is 23.7 Å². The van der Waals surface area contributed by atoms with E-state index in [0.29, 0.717) is 44.8 Å². The van der Waals surface area contributed by atoms with Crippen molar-refractivity contribution in [1.29, 1.82) is 0 Å². The van der Waals surface area contributed by atoms with Gasteiger partial charge < -0.3 is 15.0 Å². The van der Waals surface area contributed by atoms with Gasteiger partial charge in [-0.05, 0) is 57.8 Å². The quantitative estimate of drug-likeness (QED) is 0.600. The maximum Gasteiger partial charge on any atom is 0.410 e. The number of likely N-dealkylation sites (tertiary alicyclic amines) is 1. The van der Waals surface area contributed by atoms with E-state index in [2.05, 4.69) is 21.5 Å². The van der Waals surface area contributed by atoms with Gasteiger partial charge in [-0.2, -0.15) is 10.2 Å². The molecule has 2 heterocycles. The molecule has 0 atom stereocenters. The summed E-state index contributed by atoms with van der Waals surface area (Å²) in [5.41, 5.74) is -0.804. The number of rotatable bonds is 8. The smallest absolute Gasteiger partial charge is 0.410 e. The van der Waals surface area contributed by atoms with E-state index in [1.807, 2.05) is 25.7 Å². The molecule has 2 amide bonds. The number of carbonyl (C=O) groups is 2. The monoisotopic (exact) mass is 416 g/mol. The second kappa shape index (κ2) is 8.95. The van der Waals surface area contributed by atoms with Gasteiger partial charge in [0.05, 0.1) is 0 Å². The Hall–Kier alpha value is -2.10. The van der Waals surface area contributed by atoms with E-state index in [1.165, 1.54) is 19.3 Å². The van der Waals surface area contributed by atoms with Gasteiger partial charge in [0.15, 0.2) is 5.66 Å². The Kier molecular flexibility index (Phi) is 6.74. The van der Waals surface area contributed by atoms with E-state index < -0.39 is 11.3 Å². The van der Waals surface area contributed by atoms with Crippen molar-refractivity contribution in [3.05, 3.63) is 0 Å². The minimum atomic E-state index is -0.481. The lowest BCUT2D eigenvalue weighted by Crippen LogP contribution is -2.53. The molecule has 1 N–H and O–H groups in total. The predicted molar refractivity (Wildman–Crippen MR) is 115 cm³/mol. The summed E-state index contributed by atoms with van der Waals surface area (Å²) >= 11 is 0. The van der Waals surface area contributed by atoms with Gasteiger partial charge in [0.25, 0.3) is 0 Å². The second-order valence-electron chi connectivity index (χ2n) is 10.1. The molecule has 7 nitrogen and oxygen atoms in total. The zero-order valence-corrected chi connectivity index (χ0v) is 18.7. The van der Waals surface area contributed by atoms with Crippen LogP contribution in [0.25, 0.3) is 0 Å². The highest BCUT2D eigenvalue weighted by molar-refractivity contribution is 5.76. The van der Waals surface area contributed by atoms with Crippen LogP contribution in [-0.2, 0) is 9.53 Å². The fraction of sp³-hybridized carbons (Fsp3) is 0.826. The third-order valence-electron chi connectivity index (χ3n) is 6.82. The van der Waals surface area contributed by atoms with Crippen molar-refractivity contribution >= 4 is 12.0 Å². The number of terminal acetylenes is 1. The summed E-state index contributed by atoms with van der Waals surface area (Å²) in [6, 6.07) is 0. The summed E-state index contributed by atoms with van der Waals surface area (Å²) in [5, 5.41) is 11.4. The van der Waals surface area contributed by atoms with Crippen molar-refractivity contribution in [2.75, 3.05) is 19.6 Å². The molecule has 0 aromatic carbocycles. The molecule has 0 aromatic heterocycles. The lowest BCUT2D eigenvalue weighted by molar-refractivity contribution is -0.122. The van der Waals surface area contributed by atoms with Crippen molar-refractivity contribution in [1.82, 2.24) is 10.2 Å². The summed E-state index contributed by atoms with van der Waals surface area (Å²) in [6.07, 6.45) is 13.0. The molecule has 166 valence electrons. The van der Waals surface area contributed by atoms with E-state index in [0.717, 1.165) is 19.3 Å². The Morgan fingerprint density at radius 3 is 2.37 bits per heavy atom. The first-order chi connectivity index (χ1) is 14.2. The topological polar surface area (TPSA) is 83.4 Å². The Bertz CT molecular complexity index is 701.